The molecular formula is C15H13BrF2. The molecule has 2 aromatic rings. The SMILES string of the molecule is Cc1ccc(C(Br)c2cc(F)cc(F)c2)c(C)c1. The molecule has 0 spiro atoms. The van der Waals surface area contributed by atoms with Crippen LogP contribution in [0.1, 0.15) is 27.1 Å². The quantitative estimate of drug-likeness (QED) is 0.680. The standard InChI is InChI=1S/C15H13BrF2/c1-9-3-4-14(10(2)5-9)15(16)11-6-12(17)8-13(18)7-11/h3-8,15H,1-2H3. The fraction of sp³-hybridized carbons (Fsp3) is 0.200. The molecule has 0 bridgehead atoms. The highest BCUT2D eigenvalue weighted by Crippen LogP contribution is 2.33. The highest BCUT2D eigenvalue weighted by molar-refractivity contribution is 9.09. The maximum absolute atomic E-state index is 13.2. The van der Waals surface area contributed by atoms with Crippen LogP contribution in [-0.2, 0) is 0 Å². The van der Waals surface area contributed by atoms with Crippen LogP contribution >= 0.6 is 15.9 Å². The van der Waals surface area contributed by atoms with Crippen molar-refractivity contribution in [2.24, 2.45) is 0 Å². The summed E-state index contributed by atoms with van der Waals surface area (Å²) in [6, 6.07) is 9.60. The Balaban J connectivity index is 2.44. The van der Waals surface area contributed by atoms with Crippen LogP contribution in [0, 0.1) is 25.5 Å². The summed E-state index contributed by atoms with van der Waals surface area (Å²) >= 11 is 3.50. The minimum Gasteiger partial charge on any atom is -0.207 e. The number of hydrogen-bond donors (Lipinski definition) is 0. The van der Waals surface area contributed by atoms with Gasteiger partial charge in [0.15, 0.2) is 0 Å². The second kappa shape index (κ2) is 5.19. The van der Waals surface area contributed by atoms with E-state index in [9.17, 15) is 8.78 Å². The van der Waals surface area contributed by atoms with Crippen molar-refractivity contribution in [3.8, 4) is 0 Å². The molecule has 0 nitrogen and oxygen atoms in total. The first-order valence-corrected chi connectivity index (χ1v) is 6.56. The molecule has 1 unspecified atom stereocenters. The normalized spacial score (nSPS) is 12.5. The van der Waals surface area contributed by atoms with E-state index in [1.165, 1.54) is 17.7 Å². The van der Waals surface area contributed by atoms with E-state index >= 15 is 0 Å². The third-order valence-electron chi connectivity index (χ3n) is 2.88. The molecule has 0 aliphatic carbocycles. The minimum absolute atomic E-state index is 0.205. The zero-order valence-electron chi connectivity index (χ0n) is 10.2. The summed E-state index contributed by atoms with van der Waals surface area (Å²) in [7, 11) is 0. The summed E-state index contributed by atoms with van der Waals surface area (Å²) in [5.41, 5.74) is 3.87. The van der Waals surface area contributed by atoms with Gasteiger partial charge in [0, 0.05) is 6.07 Å². The van der Waals surface area contributed by atoms with Gasteiger partial charge in [-0.3, -0.25) is 0 Å². The Hall–Kier alpha value is -1.22. The van der Waals surface area contributed by atoms with Crippen LogP contribution < -0.4 is 0 Å². The van der Waals surface area contributed by atoms with Crippen LogP contribution in [0.3, 0.4) is 0 Å². The van der Waals surface area contributed by atoms with Gasteiger partial charge in [-0.05, 0) is 42.7 Å². The lowest BCUT2D eigenvalue weighted by molar-refractivity contribution is 0.580. The van der Waals surface area contributed by atoms with E-state index in [1.54, 1.807) is 0 Å². The van der Waals surface area contributed by atoms with Crippen molar-refractivity contribution in [3.63, 3.8) is 0 Å². The molecule has 1 atom stereocenters. The summed E-state index contributed by atoms with van der Waals surface area (Å²) in [6.45, 7) is 4.01. The Morgan fingerprint density at radius 1 is 0.944 bits per heavy atom. The topological polar surface area (TPSA) is 0 Å². The first-order valence-electron chi connectivity index (χ1n) is 5.64. The van der Waals surface area contributed by atoms with Gasteiger partial charge in [0.1, 0.15) is 11.6 Å². The van der Waals surface area contributed by atoms with E-state index in [-0.39, 0.29) is 4.83 Å². The maximum Gasteiger partial charge on any atom is 0.126 e. The summed E-state index contributed by atoms with van der Waals surface area (Å²) in [4.78, 5) is -0.205. The Bertz CT molecular complexity index is 558. The summed E-state index contributed by atoms with van der Waals surface area (Å²) in [6.07, 6.45) is 0. The largest absolute Gasteiger partial charge is 0.207 e. The van der Waals surface area contributed by atoms with E-state index in [4.69, 9.17) is 0 Å². The molecule has 0 aromatic heterocycles. The van der Waals surface area contributed by atoms with E-state index in [0.717, 1.165) is 17.2 Å². The van der Waals surface area contributed by atoms with Crippen molar-refractivity contribution in [1.82, 2.24) is 0 Å². The lowest BCUT2D eigenvalue weighted by Gasteiger charge is -2.14. The second-order valence-corrected chi connectivity index (χ2v) is 5.34. The first kappa shape index (κ1) is 13.2. The fourth-order valence-corrected chi connectivity index (χ4v) is 2.79. The molecule has 0 saturated heterocycles. The molecule has 2 aromatic carbocycles. The van der Waals surface area contributed by atoms with E-state index in [1.807, 2.05) is 26.0 Å². The van der Waals surface area contributed by atoms with Gasteiger partial charge in [-0.2, -0.15) is 0 Å². The predicted molar refractivity (Wildman–Crippen MR) is 73.0 cm³/mol. The first-order chi connectivity index (χ1) is 8.47. The molecule has 0 N–H and O–H groups in total. The fourth-order valence-electron chi connectivity index (χ4n) is 2.01. The van der Waals surface area contributed by atoms with Crippen LogP contribution in [0.15, 0.2) is 36.4 Å². The monoisotopic (exact) mass is 310 g/mol. The molecule has 2 rings (SSSR count). The van der Waals surface area contributed by atoms with Gasteiger partial charge in [0.2, 0.25) is 0 Å². The van der Waals surface area contributed by atoms with Crippen molar-refractivity contribution < 1.29 is 8.78 Å². The van der Waals surface area contributed by atoms with Gasteiger partial charge in [-0.25, -0.2) is 8.78 Å². The van der Waals surface area contributed by atoms with Crippen molar-refractivity contribution in [3.05, 3.63) is 70.3 Å². The Kier molecular flexibility index (Phi) is 3.81. The summed E-state index contributed by atoms with van der Waals surface area (Å²) in [5.74, 6) is -1.11. The third kappa shape index (κ3) is 2.78. The number of benzene rings is 2. The molecule has 0 aliphatic heterocycles. The van der Waals surface area contributed by atoms with E-state index in [2.05, 4.69) is 22.0 Å². The van der Waals surface area contributed by atoms with Gasteiger partial charge in [0.05, 0.1) is 4.83 Å². The maximum atomic E-state index is 13.2. The predicted octanol–water partition coefficient (Wildman–Crippen LogP) is 5.07. The van der Waals surface area contributed by atoms with Crippen LogP contribution in [0.25, 0.3) is 0 Å². The number of rotatable bonds is 2. The van der Waals surface area contributed by atoms with Crippen LogP contribution in [0.4, 0.5) is 8.78 Å². The Morgan fingerprint density at radius 2 is 1.56 bits per heavy atom. The molecular weight excluding hydrogens is 298 g/mol. The molecule has 0 saturated carbocycles. The zero-order chi connectivity index (χ0) is 13.3. The smallest absolute Gasteiger partial charge is 0.126 e. The molecule has 3 heteroatoms. The lowest BCUT2D eigenvalue weighted by atomic mass is 9.98. The Morgan fingerprint density at radius 3 is 2.11 bits per heavy atom. The van der Waals surface area contributed by atoms with Crippen molar-refractivity contribution in [2.45, 2.75) is 18.7 Å². The molecule has 0 amide bonds. The van der Waals surface area contributed by atoms with Gasteiger partial charge in [0.25, 0.3) is 0 Å². The van der Waals surface area contributed by atoms with Gasteiger partial charge < -0.3 is 0 Å². The summed E-state index contributed by atoms with van der Waals surface area (Å²) in [5, 5.41) is 0. The van der Waals surface area contributed by atoms with Crippen molar-refractivity contribution >= 4 is 15.9 Å². The average molecular weight is 311 g/mol. The Labute approximate surface area is 114 Å². The molecule has 94 valence electrons. The molecule has 18 heavy (non-hydrogen) atoms. The number of hydrogen-bond acceptors (Lipinski definition) is 0. The van der Waals surface area contributed by atoms with Crippen LogP contribution in [-0.4, -0.2) is 0 Å². The van der Waals surface area contributed by atoms with Gasteiger partial charge in [-0.15, -0.1) is 0 Å². The molecule has 0 heterocycles. The van der Waals surface area contributed by atoms with Crippen LogP contribution in [0.5, 0.6) is 0 Å². The third-order valence-corrected chi connectivity index (χ3v) is 3.90. The van der Waals surface area contributed by atoms with E-state index in [0.29, 0.717) is 5.56 Å². The second-order valence-electron chi connectivity index (χ2n) is 4.43. The average Bonchev–Trinajstić information content (AvgIpc) is 2.26. The van der Waals surface area contributed by atoms with E-state index < -0.39 is 11.6 Å². The molecule has 0 radical (unpaired) electrons. The molecule has 0 fully saturated rings. The molecule has 0 aliphatic rings. The van der Waals surface area contributed by atoms with Crippen molar-refractivity contribution in [1.29, 1.82) is 0 Å². The highest BCUT2D eigenvalue weighted by Gasteiger charge is 2.14. The number of aryl methyl sites for hydroxylation is 2. The van der Waals surface area contributed by atoms with Crippen LogP contribution in [0.2, 0.25) is 0 Å². The lowest BCUT2D eigenvalue weighted by Crippen LogP contribution is -1.98. The van der Waals surface area contributed by atoms with Crippen molar-refractivity contribution in [2.75, 3.05) is 0 Å². The number of halogens is 3. The van der Waals surface area contributed by atoms with Gasteiger partial charge in [-0.1, -0.05) is 39.7 Å². The number of alkyl halides is 1. The minimum atomic E-state index is -0.556. The summed E-state index contributed by atoms with van der Waals surface area (Å²) < 4.78 is 26.4. The highest BCUT2D eigenvalue weighted by atomic mass is 79.9. The zero-order valence-corrected chi connectivity index (χ0v) is 11.8. The van der Waals surface area contributed by atoms with Gasteiger partial charge >= 0.3 is 0 Å².